The van der Waals surface area contributed by atoms with E-state index < -0.39 is 0 Å². The summed E-state index contributed by atoms with van der Waals surface area (Å²) in [6, 6.07) is 18.4. The highest BCUT2D eigenvalue weighted by molar-refractivity contribution is 5.64. The lowest BCUT2D eigenvalue weighted by molar-refractivity contribution is 0.376. The van der Waals surface area contributed by atoms with Crippen LogP contribution < -0.4 is 0 Å². The minimum atomic E-state index is 0.742. The van der Waals surface area contributed by atoms with Crippen molar-refractivity contribution in [3.8, 4) is 11.1 Å². The predicted molar refractivity (Wildman–Crippen MR) is 105 cm³/mol. The smallest absolute Gasteiger partial charge is 0.0162 e. The quantitative estimate of drug-likeness (QED) is 0.496. The van der Waals surface area contributed by atoms with E-state index in [4.69, 9.17) is 0 Å². The van der Waals surface area contributed by atoms with Gasteiger partial charge in [0.2, 0.25) is 0 Å². The molecule has 2 aromatic carbocycles. The summed E-state index contributed by atoms with van der Waals surface area (Å²) < 4.78 is 0. The summed E-state index contributed by atoms with van der Waals surface area (Å²) in [7, 11) is 0. The summed E-state index contributed by atoms with van der Waals surface area (Å²) in [5.74, 6) is 1.48. The Morgan fingerprint density at radius 3 is 2.00 bits per heavy atom. The fraction of sp³-hybridized carbons (Fsp3) is 0.417. The molecule has 0 spiro atoms. The first-order chi connectivity index (χ1) is 11.8. The van der Waals surface area contributed by atoms with E-state index in [1.54, 1.807) is 0 Å². The zero-order valence-corrected chi connectivity index (χ0v) is 15.0. The van der Waals surface area contributed by atoms with Crippen molar-refractivity contribution >= 4 is 0 Å². The molecular weight excluding hydrogens is 288 g/mol. The van der Waals surface area contributed by atoms with Crippen molar-refractivity contribution < 1.29 is 0 Å². The molecule has 1 fully saturated rings. The van der Waals surface area contributed by atoms with Gasteiger partial charge in [-0.1, -0.05) is 68.0 Å². The van der Waals surface area contributed by atoms with Crippen LogP contribution in [-0.4, -0.2) is 0 Å². The van der Waals surface area contributed by atoms with Gasteiger partial charge in [0.05, 0.1) is 0 Å². The van der Waals surface area contributed by atoms with Crippen LogP contribution in [0.15, 0.2) is 61.2 Å². The Labute approximate surface area is 147 Å². The Balaban J connectivity index is 1.65. The van der Waals surface area contributed by atoms with Crippen molar-refractivity contribution in [1.29, 1.82) is 0 Å². The van der Waals surface area contributed by atoms with Crippen LogP contribution in [0.25, 0.3) is 11.1 Å². The Hall–Kier alpha value is -1.82. The molecule has 1 aliphatic carbocycles. The summed E-state index contributed by atoms with van der Waals surface area (Å²) in [5, 5.41) is 0. The van der Waals surface area contributed by atoms with Crippen molar-refractivity contribution in [2.24, 2.45) is 5.92 Å². The predicted octanol–water partition coefficient (Wildman–Crippen LogP) is 7.16. The lowest BCUT2D eigenvalue weighted by Gasteiger charge is -2.27. The summed E-state index contributed by atoms with van der Waals surface area (Å²) in [6.45, 7) is 6.20. The zero-order chi connectivity index (χ0) is 16.8. The highest BCUT2D eigenvalue weighted by Gasteiger charge is 2.20. The van der Waals surface area contributed by atoms with Gasteiger partial charge in [0.15, 0.2) is 0 Å². The minimum Gasteiger partial charge on any atom is -0.103 e. The molecule has 0 aromatic heterocycles. The molecule has 0 N–H and O–H groups in total. The summed E-state index contributed by atoms with van der Waals surface area (Å²) in [5.41, 5.74) is 5.63. The molecular formula is C24H30. The van der Waals surface area contributed by atoms with Crippen molar-refractivity contribution in [3.63, 3.8) is 0 Å². The topological polar surface area (TPSA) is 0 Å². The maximum atomic E-state index is 3.95. The van der Waals surface area contributed by atoms with Crippen molar-refractivity contribution in [3.05, 3.63) is 72.3 Å². The van der Waals surface area contributed by atoms with E-state index in [2.05, 4.69) is 68.1 Å². The molecule has 126 valence electrons. The van der Waals surface area contributed by atoms with E-state index in [1.165, 1.54) is 67.2 Å². The lowest BCUT2D eigenvalue weighted by Crippen LogP contribution is -2.11. The van der Waals surface area contributed by atoms with Crippen LogP contribution in [0.5, 0.6) is 0 Å². The van der Waals surface area contributed by atoms with Crippen molar-refractivity contribution in [2.45, 2.75) is 57.8 Å². The maximum Gasteiger partial charge on any atom is -0.0162 e. The number of hydrogen-bond donors (Lipinski definition) is 0. The third-order valence-electron chi connectivity index (χ3n) is 5.59. The second-order valence-electron chi connectivity index (χ2n) is 7.27. The van der Waals surface area contributed by atoms with E-state index >= 15 is 0 Å². The molecule has 0 bridgehead atoms. The standard InChI is InChI=1S/C24H30/c1-3-5-6-20-9-13-22(14-10-20)24-17-15-23(16-18-24)21-11-7-19(4-2)8-12-21/h4,9-10,13-19,21H,2-3,5-8,11-12H2,1H3. The van der Waals surface area contributed by atoms with Crippen molar-refractivity contribution in [2.75, 3.05) is 0 Å². The van der Waals surface area contributed by atoms with Gasteiger partial charge in [0, 0.05) is 0 Å². The molecule has 0 nitrogen and oxygen atoms in total. The Bertz CT molecular complexity index is 625. The van der Waals surface area contributed by atoms with Gasteiger partial charge in [-0.15, -0.1) is 6.58 Å². The summed E-state index contributed by atoms with van der Waals surface area (Å²) >= 11 is 0. The number of rotatable bonds is 6. The van der Waals surface area contributed by atoms with Gasteiger partial charge in [-0.05, 0) is 72.6 Å². The number of allylic oxidation sites excluding steroid dienone is 1. The zero-order valence-electron chi connectivity index (χ0n) is 15.0. The molecule has 0 heteroatoms. The van der Waals surface area contributed by atoms with E-state index in [1.807, 2.05) is 0 Å². The molecule has 1 aliphatic rings. The summed E-state index contributed by atoms with van der Waals surface area (Å²) in [4.78, 5) is 0. The van der Waals surface area contributed by atoms with Gasteiger partial charge in [0.1, 0.15) is 0 Å². The van der Waals surface area contributed by atoms with Crippen LogP contribution >= 0.6 is 0 Å². The first-order valence-electron chi connectivity index (χ1n) is 9.62. The molecule has 0 amide bonds. The third kappa shape index (κ3) is 4.17. The first-order valence-corrected chi connectivity index (χ1v) is 9.62. The number of aryl methyl sites for hydroxylation is 1. The van der Waals surface area contributed by atoms with E-state index in [0.717, 1.165) is 11.8 Å². The molecule has 2 aromatic rings. The minimum absolute atomic E-state index is 0.742. The largest absolute Gasteiger partial charge is 0.103 e. The monoisotopic (exact) mass is 318 g/mol. The average Bonchev–Trinajstić information content (AvgIpc) is 2.67. The molecule has 3 rings (SSSR count). The summed E-state index contributed by atoms with van der Waals surface area (Å²) in [6.07, 6.45) is 11.1. The van der Waals surface area contributed by atoms with Crippen LogP contribution in [0.2, 0.25) is 0 Å². The third-order valence-corrected chi connectivity index (χ3v) is 5.59. The molecule has 0 aliphatic heterocycles. The fourth-order valence-electron chi connectivity index (χ4n) is 3.88. The van der Waals surface area contributed by atoms with E-state index in [0.29, 0.717) is 0 Å². The Kier molecular flexibility index (Phi) is 5.91. The van der Waals surface area contributed by atoms with Gasteiger partial charge < -0.3 is 0 Å². The molecule has 0 unspecified atom stereocenters. The molecule has 24 heavy (non-hydrogen) atoms. The first kappa shape index (κ1) is 17.0. The highest BCUT2D eigenvalue weighted by atomic mass is 14.2. The van der Waals surface area contributed by atoms with Crippen LogP contribution in [0.4, 0.5) is 0 Å². The maximum absolute atomic E-state index is 3.95. The molecule has 0 heterocycles. The van der Waals surface area contributed by atoms with Gasteiger partial charge in [-0.2, -0.15) is 0 Å². The van der Waals surface area contributed by atoms with Gasteiger partial charge in [0.25, 0.3) is 0 Å². The van der Waals surface area contributed by atoms with Crippen molar-refractivity contribution in [1.82, 2.24) is 0 Å². The Morgan fingerprint density at radius 1 is 0.875 bits per heavy atom. The van der Waals surface area contributed by atoms with Gasteiger partial charge >= 0.3 is 0 Å². The molecule has 0 radical (unpaired) electrons. The van der Waals surface area contributed by atoms with Gasteiger partial charge in [-0.25, -0.2) is 0 Å². The fourth-order valence-corrected chi connectivity index (χ4v) is 3.88. The molecule has 0 atom stereocenters. The van der Waals surface area contributed by atoms with Crippen LogP contribution in [-0.2, 0) is 6.42 Å². The number of unbranched alkanes of at least 4 members (excludes halogenated alkanes) is 1. The second-order valence-corrected chi connectivity index (χ2v) is 7.27. The second kappa shape index (κ2) is 8.33. The normalized spacial score (nSPS) is 20.7. The van der Waals surface area contributed by atoms with E-state index in [-0.39, 0.29) is 0 Å². The van der Waals surface area contributed by atoms with Gasteiger partial charge in [-0.3, -0.25) is 0 Å². The number of hydrogen-bond acceptors (Lipinski definition) is 0. The lowest BCUT2D eigenvalue weighted by atomic mass is 9.78. The molecule has 0 saturated heterocycles. The molecule has 1 saturated carbocycles. The van der Waals surface area contributed by atoms with Crippen LogP contribution in [0.1, 0.15) is 62.5 Å². The van der Waals surface area contributed by atoms with Crippen LogP contribution in [0.3, 0.4) is 0 Å². The Morgan fingerprint density at radius 2 is 1.46 bits per heavy atom. The average molecular weight is 319 g/mol. The van der Waals surface area contributed by atoms with Crippen LogP contribution in [0, 0.1) is 5.92 Å². The highest BCUT2D eigenvalue weighted by Crippen LogP contribution is 2.36. The van der Waals surface area contributed by atoms with E-state index in [9.17, 15) is 0 Å². The SMILES string of the molecule is C=CC1CCC(c2ccc(-c3ccc(CCCC)cc3)cc2)CC1. The number of benzene rings is 2.